The predicted octanol–water partition coefficient (Wildman–Crippen LogP) is 5.03. The number of likely N-dealkylation sites (tertiary alicyclic amines) is 1. The Morgan fingerprint density at radius 2 is 2.00 bits per heavy atom. The van der Waals surface area contributed by atoms with Crippen molar-refractivity contribution in [3.63, 3.8) is 0 Å². The minimum Gasteiger partial charge on any atom is -0.445 e. The molecule has 1 aliphatic heterocycles. The Morgan fingerprint density at radius 1 is 1.23 bits per heavy atom. The molecule has 2 aromatic heterocycles. The molecular formula is C22H34N4O3S. The second kappa shape index (κ2) is 8.96. The molecule has 0 aromatic carbocycles. The lowest BCUT2D eigenvalue weighted by molar-refractivity contribution is 0.0206. The number of hydrogen-bond donors (Lipinski definition) is 1. The van der Waals surface area contributed by atoms with E-state index in [-0.39, 0.29) is 17.6 Å². The number of carbonyl (C=O) groups excluding carboxylic acids is 1. The van der Waals surface area contributed by atoms with Crippen LogP contribution in [-0.4, -0.2) is 45.7 Å². The minimum absolute atomic E-state index is 0.0278. The highest BCUT2D eigenvalue weighted by Gasteiger charge is 2.28. The molecule has 1 saturated heterocycles. The SMILES string of the molecule is CC(C)(C)OC(=O)N1CCC[C@@H](Nc2ncc(CCc3ncc(C(C)(C)C)o3)s2)C1. The summed E-state index contributed by atoms with van der Waals surface area (Å²) in [6.07, 6.45) is 7.07. The number of anilines is 1. The van der Waals surface area contributed by atoms with Crippen molar-refractivity contribution in [2.75, 3.05) is 18.4 Å². The summed E-state index contributed by atoms with van der Waals surface area (Å²) in [7, 11) is 0. The van der Waals surface area contributed by atoms with Crippen molar-refractivity contribution in [2.24, 2.45) is 0 Å². The van der Waals surface area contributed by atoms with Crippen molar-refractivity contribution in [1.82, 2.24) is 14.9 Å². The summed E-state index contributed by atoms with van der Waals surface area (Å²) >= 11 is 1.65. The first-order valence-corrected chi connectivity index (χ1v) is 11.5. The minimum atomic E-state index is -0.474. The van der Waals surface area contributed by atoms with Gasteiger partial charge in [-0.1, -0.05) is 20.8 Å². The Bertz CT molecular complexity index is 847. The second-order valence-corrected chi connectivity index (χ2v) is 11.0. The molecule has 3 heterocycles. The molecule has 2 aromatic rings. The maximum absolute atomic E-state index is 12.3. The van der Waals surface area contributed by atoms with Crippen LogP contribution in [0.2, 0.25) is 0 Å². The molecule has 7 nitrogen and oxygen atoms in total. The van der Waals surface area contributed by atoms with Crippen LogP contribution in [0.3, 0.4) is 0 Å². The third-order valence-corrected chi connectivity index (χ3v) is 5.82. The highest BCUT2D eigenvalue weighted by atomic mass is 32.1. The van der Waals surface area contributed by atoms with Crippen molar-refractivity contribution in [2.45, 2.75) is 84.3 Å². The first kappa shape index (κ1) is 22.6. The monoisotopic (exact) mass is 434 g/mol. The van der Waals surface area contributed by atoms with Crippen molar-refractivity contribution >= 4 is 22.6 Å². The predicted molar refractivity (Wildman–Crippen MR) is 119 cm³/mol. The smallest absolute Gasteiger partial charge is 0.410 e. The lowest BCUT2D eigenvalue weighted by Crippen LogP contribution is -2.46. The Labute approximate surface area is 183 Å². The molecular weight excluding hydrogens is 400 g/mol. The molecule has 30 heavy (non-hydrogen) atoms. The molecule has 1 N–H and O–H groups in total. The van der Waals surface area contributed by atoms with Gasteiger partial charge in [-0.15, -0.1) is 11.3 Å². The molecule has 0 saturated carbocycles. The summed E-state index contributed by atoms with van der Waals surface area (Å²) in [5.41, 5.74) is -0.502. The lowest BCUT2D eigenvalue weighted by Gasteiger charge is -2.34. The molecule has 1 amide bonds. The summed E-state index contributed by atoms with van der Waals surface area (Å²) in [6, 6.07) is 0.186. The zero-order valence-electron chi connectivity index (χ0n) is 18.9. The van der Waals surface area contributed by atoms with Gasteiger partial charge in [0.25, 0.3) is 0 Å². The zero-order valence-corrected chi connectivity index (χ0v) is 19.8. The van der Waals surface area contributed by atoms with Gasteiger partial charge in [-0.25, -0.2) is 14.8 Å². The van der Waals surface area contributed by atoms with Crippen LogP contribution in [0.5, 0.6) is 0 Å². The Morgan fingerprint density at radius 3 is 2.67 bits per heavy atom. The standard InChI is InChI=1S/C22H34N4O3S/c1-21(2,3)17-13-23-18(28-17)10-9-16-12-24-19(30-16)25-15-8-7-11-26(14-15)20(27)29-22(4,5)6/h12-13,15H,7-11,14H2,1-6H3,(H,24,25)/t15-/m1/s1. The van der Waals surface area contributed by atoms with Gasteiger partial charge in [-0.05, 0) is 40.0 Å². The molecule has 3 rings (SSSR count). The van der Waals surface area contributed by atoms with E-state index in [2.05, 4.69) is 36.1 Å². The van der Waals surface area contributed by atoms with Crippen LogP contribution in [0, 0.1) is 0 Å². The van der Waals surface area contributed by atoms with Gasteiger partial charge >= 0.3 is 6.09 Å². The highest BCUT2D eigenvalue weighted by Crippen LogP contribution is 2.25. The van der Waals surface area contributed by atoms with Crippen LogP contribution in [0.15, 0.2) is 16.8 Å². The van der Waals surface area contributed by atoms with E-state index in [0.29, 0.717) is 6.54 Å². The fourth-order valence-electron chi connectivity index (χ4n) is 3.25. The Hall–Kier alpha value is -2.09. The first-order chi connectivity index (χ1) is 14.0. The van der Waals surface area contributed by atoms with E-state index in [1.807, 2.05) is 33.2 Å². The second-order valence-electron chi connectivity index (χ2n) is 9.91. The number of aryl methyl sites for hydroxylation is 2. The van der Waals surface area contributed by atoms with Crippen LogP contribution in [0.4, 0.5) is 9.93 Å². The number of ether oxygens (including phenoxy) is 1. The molecule has 0 radical (unpaired) electrons. The summed E-state index contributed by atoms with van der Waals surface area (Å²) in [5.74, 6) is 1.68. The number of hydrogen-bond acceptors (Lipinski definition) is 7. The van der Waals surface area contributed by atoms with Crippen molar-refractivity contribution < 1.29 is 13.9 Å². The maximum Gasteiger partial charge on any atom is 0.410 e. The zero-order chi connectivity index (χ0) is 21.9. The number of nitrogens with one attached hydrogen (secondary N) is 1. The van der Waals surface area contributed by atoms with Crippen molar-refractivity contribution in [1.29, 1.82) is 0 Å². The summed E-state index contributed by atoms with van der Waals surface area (Å²) in [6.45, 7) is 13.4. The van der Waals surface area contributed by atoms with E-state index in [9.17, 15) is 4.79 Å². The van der Waals surface area contributed by atoms with Gasteiger partial charge in [0.05, 0.1) is 6.20 Å². The normalized spacial score (nSPS) is 17.8. The van der Waals surface area contributed by atoms with Crippen molar-refractivity contribution in [3.05, 3.63) is 28.9 Å². The summed E-state index contributed by atoms with van der Waals surface area (Å²) < 4.78 is 11.4. The van der Waals surface area contributed by atoms with Gasteiger partial charge in [0.1, 0.15) is 11.4 Å². The molecule has 0 unspecified atom stereocenters. The van der Waals surface area contributed by atoms with Gasteiger partial charge in [0.15, 0.2) is 11.0 Å². The lowest BCUT2D eigenvalue weighted by atomic mass is 9.94. The number of carbonyl (C=O) groups is 1. The van der Waals surface area contributed by atoms with E-state index in [0.717, 1.165) is 49.0 Å². The average molecular weight is 435 g/mol. The van der Waals surface area contributed by atoms with Gasteiger partial charge < -0.3 is 19.4 Å². The quantitative estimate of drug-likeness (QED) is 0.711. The van der Waals surface area contributed by atoms with Gasteiger partial charge in [0, 0.05) is 42.0 Å². The molecule has 1 atom stereocenters. The maximum atomic E-state index is 12.3. The van der Waals surface area contributed by atoms with Crippen LogP contribution in [-0.2, 0) is 23.0 Å². The fourth-order valence-corrected chi connectivity index (χ4v) is 4.14. The Kier molecular flexibility index (Phi) is 6.75. The third-order valence-electron chi connectivity index (χ3n) is 4.83. The summed E-state index contributed by atoms with van der Waals surface area (Å²) in [4.78, 5) is 24.2. The van der Waals surface area contributed by atoms with Crippen LogP contribution >= 0.6 is 11.3 Å². The largest absolute Gasteiger partial charge is 0.445 e. The van der Waals surface area contributed by atoms with Crippen LogP contribution in [0.1, 0.15) is 70.9 Å². The number of aromatic nitrogens is 2. The van der Waals surface area contributed by atoms with E-state index < -0.39 is 5.60 Å². The van der Waals surface area contributed by atoms with E-state index in [1.165, 1.54) is 4.88 Å². The number of amides is 1. The van der Waals surface area contributed by atoms with Crippen LogP contribution in [0.25, 0.3) is 0 Å². The molecule has 1 fully saturated rings. The molecule has 166 valence electrons. The summed E-state index contributed by atoms with van der Waals surface area (Å²) in [5, 5.41) is 4.38. The number of rotatable bonds is 5. The van der Waals surface area contributed by atoms with Crippen molar-refractivity contribution in [3.8, 4) is 0 Å². The molecule has 8 heteroatoms. The number of oxazole rings is 1. The first-order valence-electron chi connectivity index (χ1n) is 10.6. The Balaban J connectivity index is 1.50. The van der Waals surface area contributed by atoms with Gasteiger partial charge in [-0.2, -0.15) is 0 Å². The number of piperidine rings is 1. The van der Waals surface area contributed by atoms with Crippen LogP contribution < -0.4 is 5.32 Å². The van der Waals surface area contributed by atoms with E-state index in [4.69, 9.17) is 9.15 Å². The van der Waals surface area contributed by atoms with Gasteiger partial charge in [0.2, 0.25) is 0 Å². The molecule has 0 spiro atoms. The van der Waals surface area contributed by atoms with Gasteiger partial charge in [-0.3, -0.25) is 0 Å². The third kappa shape index (κ3) is 6.45. The number of nitrogens with zero attached hydrogens (tertiary/aromatic N) is 3. The topological polar surface area (TPSA) is 80.5 Å². The molecule has 0 aliphatic carbocycles. The van der Waals surface area contributed by atoms with E-state index in [1.54, 1.807) is 16.2 Å². The number of thiazole rings is 1. The molecule has 0 bridgehead atoms. The molecule has 1 aliphatic rings. The average Bonchev–Trinajstić information content (AvgIpc) is 3.28. The highest BCUT2D eigenvalue weighted by molar-refractivity contribution is 7.15. The van der Waals surface area contributed by atoms with E-state index >= 15 is 0 Å². The fraction of sp³-hybridized carbons (Fsp3) is 0.682.